The van der Waals surface area contributed by atoms with Crippen LogP contribution in [0.5, 0.6) is 0 Å². The fraction of sp³-hybridized carbons (Fsp3) is 0.562. The van der Waals surface area contributed by atoms with Crippen LogP contribution < -0.4 is 11.1 Å². The van der Waals surface area contributed by atoms with Crippen LogP contribution in [0.2, 0.25) is 0 Å². The molecule has 126 valence electrons. The van der Waals surface area contributed by atoms with Gasteiger partial charge in [-0.05, 0) is 44.5 Å². The standard InChI is InChI=1S/C16H25N3O.2ClH/c1-19-9-7-13(8-10-19)12-18-16(20)11-15(17)14-5-3-2-4-6-14;;/h2-6,13,15H,7-12,17H2,1H3,(H,18,20);2*1H. The minimum atomic E-state index is -0.214. The summed E-state index contributed by atoms with van der Waals surface area (Å²) in [4.78, 5) is 14.3. The highest BCUT2D eigenvalue weighted by atomic mass is 35.5. The Hall–Kier alpha value is -0.810. The Labute approximate surface area is 145 Å². The van der Waals surface area contributed by atoms with Gasteiger partial charge in [-0.25, -0.2) is 0 Å². The maximum Gasteiger partial charge on any atom is 0.221 e. The van der Waals surface area contributed by atoms with E-state index >= 15 is 0 Å². The van der Waals surface area contributed by atoms with E-state index in [0.717, 1.165) is 25.2 Å². The number of benzene rings is 1. The molecule has 0 aliphatic carbocycles. The monoisotopic (exact) mass is 347 g/mol. The van der Waals surface area contributed by atoms with E-state index < -0.39 is 0 Å². The van der Waals surface area contributed by atoms with E-state index in [9.17, 15) is 4.79 Å². The number of piperidine rings is 1. The highest BCUT2D eigenvalue weighted by molar-refractivity contribution is 5.85. The molecule has 1 aromatic carbocycles. The zero-order chi connectivity index (χ0) is 14.4. The fourth-order valence-corrected chi connectivity index (χ4v) is 2.61. The van der Waals surface area contributed by atoms with E-state index in [0.29, 0.717) is 12.3 Å². The van der Waals surface area contributed by atoms with Crippen LogP contribution in [-0.4, -0.2) is 37.5 Å². The number of hydrogen-bond acceptors (Lipinski definition) is 3. The molecule has 1 heterocycles. The molecule has 0 spiro atoms. The van der Waals surface area contributed by atoms with Crippen molar-refractivity contribution in [3.63, 3.8) is 0 Å². The van der Waals surface area contributed by atoms with Gasteiger partial charge in [-0.1, -0.05) is 30.3 Å². The zero-order valence-electron chi connectivity index (χ0n) is 13.0. The van der Waals surface area contributed by atoms with Crippen LogP contribution in [0.25, 0.3) is 0 Å². The summed E-state index contributed by atoms with van der Waals surface area (Å²) in [7, 11) is 2.15. The molecule has 1 aliphatic rings. The molecular weight excluding hydrogens is 321 g/mol. The van der Waals surface area contributed by atoms with E-state index in [1.807, 2.05) is 30.3 Å². The molecule has 1 aliphatic heterocycles. The largest absolute Gasteiger partial charge is 0.356 e. The molecule has 1 aromatic rings. The van der Waals surface area contributed by atoms with Gasteiger partial charge in [0, 0.05) is 19.0 Å². The first kappa shape index (κ1) is 21.2. The van der Waals surface area contributed by atoms with Gasteiger partial charge in [0.05, 0.1) is 0 Å². The Morgan fingerprint density at radius 2 is 1.86 bits per heavy atom. The summed E-state index contributed by atoms with van der Waals surface area (Å²) in [5.41, 5.74) is 7.07. The molecule has 1 amide bonds. The molecule has 1 unspecified atom stereocenters. The first-order valence-electron chi connectivity index (χ1n) is 7.41. The predicted octanol–water partition coefficient (Wildman–Crippen LogP) is 2.38. The van der Waals surface area contributed by atoms with E-state index in [1.54, 1.807) is 0 Å². The van der Waals surface area contributed by atoms with E-state index in [1.165, 1.54) is 12.8 Å². The van der Waals surface area contributed by atoms with Gasteiger partial charge in [0.25, 0.3) is 0 Å². The molecular formula is C16H27Cl2N3O. The van der Waals surface area contributed by atoms with Crippen molar-refractivity contribution in [2.24, 2.45) is 11.7 Å². The average molecular weight is 348 g/mol. The predicted molar refractivity (Wildman–Crippen MR) is 95.7 cm³/mol. The Bertz CT molecular complexity index is 423. The lowest BCUT2D eigenvalue weighted by Crippen LogP contribution is -2.37. The smallest absolute Gasteiger partial charge is 0.221 e. The molecule has 0 saturated carbocycles. The van der Waals surface area contributed by atoms with Gasteiger partial charge in [0.2, 0.25) is 5.91 Å². The SMILES string of the molecule is CN1CCC(CNC(=O)CC(N)c2ccccc2)CC1.Cl.Cl. The van der Waals surface area contributed by atoms with Crippen LogP contribution in [0.1, 0.15) is 30.9 Å². The lowest BCUT2D eigenvalue weighted by atomic mass is 9.97. The summed E-state index contributed by atoms with van der Waals surface area (Å²) in [5, 5.41) is 3.03. The molecule has 2 rings (SSSR count). The quantitative estimate of drug-likeness (QED) is 0.859. The summed E-state index contributed by atoms with van der Waals surface area (Å²) < 4.78 is 0. The summed E-state index contributed by atoms with van der Waals surface area (Å²) >= 11 is 0. The Balaban J connectivity index is 0.00000220. The molecule has 6 heteroatoms. The Morgan fingerprint density at radius 3 is 2.45 bits per heavy atom. The second-order valence-electron chi connectivity index (χ2n) is 5.77. The Morgan fingerprint density at radius 1 is 1.27 bits per heavy atom. The van der Waals surface area contributed by atoms with Gasteiger partial charge in [-0.3, -0.25) is 4.79 Å². The van der Waals surface area contributed by atoms with Gasteiger partial charge >= 0.3 is 0 Å². The number of rotatable bonds is 5. The van der Waals surface area contributed by atoms with Gasteiger partial charge in [0.1, 0.15) is 0 Å². The molecule has 0 radical (unpaired) electrons. The van der Waals surface area contributed by atoms with Crippen LogP contribution in [0.3, 0.4) is 0 Å². The van der Waals surface area contributed by atoms with Crippen LogP contribution in [0.4, 0.5) is 0 Å². The number of nitrogens with zero attached hydrogens (tertiary/aromatic N) is 1. The van der Waals surface area contributed by atoms with Crippen LogP contribution in [-0.2, 0) is 4.79 Å². The first-order valence-corrected chi connectivity index (χ1v) is 7.41. The normalized spacial score (nSPS) is 17.0. The molecule has 1 saturated heterocycles. The first-order chi connectivity index (χ1) is 9.65. The van der Waals surface area contributed by atoms with Crippen molar-refractivity contribution in [3.8, 4) is 0 Å². The van der Waals surface area contributed by atoms with Crippen LogP contribution in [0, 0.1) is 5.92 Å². The van der Waals surface area contributed by atoms with Crippen molar-refractivity contribution in [3.05, 3.63) is 35.9 Å². The maximum atomic E-state index is 11.9. The van der Waals surface area contributed by atoms with Gasteiger partial charge in [0.15, 0.2) is 0 Å². The zero-order valence-corrected chi connectivity index (χ0v) is 14.7. The lowest BCUT2D eigenvalue weighted by Gasteiger charge is -2.29. The minimum absolute atomic E-state index is 0. The summed E-state index contributed by atoms with van der Waals surface area (Å²) in [5.74, 6) is 0.670. The van der Waals surface area contributed by atoms with Gasteiger partial charge in [-0.15, -0.1) is 24.8 Å². The minimum Gasteiger partial charge on any atom is -0.356 e. The van der Waals surface area contributed by atoms with Crippen molar-refractivity contribution in [2.45, 2.75) is 25.3 Å². The van der Waals surface area contributed by atoms with Crippen molar-refractivity contribution in [1.82, 2.24) is 10.2 Å². The molecule has 4 nitrogen and oxygen atoms in total. The van der Waals surface area contributed by atoms with Crippen molar-refractivity contribution < 1.29 is 4.79 Å². The number of nitrogens with two attached hydrogens (primary N) is 1. The lowest BCUT2D eigenvalue weighted by molar-refractivity contribution is -0.121. The van der Waals surface area contributed by atoms with E-state index in [-0.39, 0.29) is 36.8 Å². The van der Waals surface area contributed by atoms with Crippen molar-refractivity contribution in [2.75, 3.05) is 26.7 Å². The number of carbonyl (C=O) groups is 1. The number of halogens is 2. The average Bonchev–Trinajstić information content (AvgIpc) is 2.47. The second kappa shape index (κ2) is 10.8. The fourth-order valence-electron chi connectivity index (χ4n) is 2.61. The highest BCUT2D eigenvalue weighted by Gasteiger charge is 2.18. The third-order valence-corrected chi connectivity index (χ3v) is 4.06. The number of carbonyl (C=O) groups excluding carboxylic acids is 1. The number of likely N-dealkylation sites (tertiary alicyclic amines) is 1. The molecule has 0 aromatic heterocycles. The van der Waals surface area contributed by atoms with Crippen molar-refractivity contribution in [1.29, 1.82) is 0 Å². The molecule has 22 heavy (non-hydrogen) atoms. The van der Waals surface area contributed by atoms with Crippen molar-refractivity contribution >= 4 is 30.7 Å². The molecule has 0 bridgehead atoms. The third-order valence-electron chi connectivity index (χ3n) is 4.06. The van der Waals surface area contributed by atoms with Gasteiger partial charge in [-0.2, -0.15) is 0 Å². The topological polar surface area (TPSA) is 58.4 Å². The number of hydrogen-bond donors (Lipinski definition) is 2. The maximum absolute atomic E-state index is 11.9. The second-order valence-corrected chi connectivity index (χ2v) is 5.77. The summed E-state index contributed by atoms with van der Waals surface area (Å²) in [6.45, 7) is 3.04. The summed E-state index contributed by atoms with van der Waals surface area (Å²) in [6, 6.07) is 9.57. The van der Waals surface area contributed by atoms with Gasteiger partial charge < -0.3 is 16.0 Å². The number of amides is 1. The Kier molecular flexibility index (Phi) is 10.4. The van der Waals surface area contributed by atoms with E-state index in [2.05, 4.69) is 17.3 Å². The highest BCUT2D eigenvalue weighted by Crippen LogP contribution is 2.16. The van der Waals surface area contributed by atoms with Crippen LogP contribution >= 0.6 is 24.8 Å². The molecule has 1 atom stereocenters. The van der Waals surface area contributed by atoms with Crippen LogP contribution in [0.15, 0.2) is 30.3 Å². The molecule has 1 fully saturated rings. The van der Waals surface area contributed by atoms with E-state index in [4.69, 9.17) is 5.73 Å². The number of nitrogens with one attached hydrogen (secondary N) is 1. The summed E-state index contributed by atoms with van der Waals surface area (Å²) in [6.07, 6.45) is 2.69. The molecule has 3 N–H and O–H groups in total. The third kappa shape index (κ3) is 6.97.